The van der Waals surface area contributed by atoms with Gasteiger partial charge in [-0.15, -0.1) is 0 Å². The molecule has 2 aliphatic rings. The van der Waals surface area contributed by atoms with Crippen LogP contribution in [0, 0.1) is 5.82 Å². The van der Waals surface area contributed by atoms with E-state index < -0.39 is 11.8 Å². The Bertz CT molecular complexity index is 557. The molecule has 4 nitrogen and oxygen atoms in total. The number of nitrogens with one attached hydrogen (secondary N) is 1. The Morgan fingerprint density at radius 3 is 2.86 bits per heavy atom. The molecule has 1 atom stereocenters. The Balaban J connectivity index is 1.86. The normalized spacial score (nSPS) is 23.2. The van der Waals surface area contributed by atoms with Crippen LogP contribution >= 0.6 is 0 Å². The van der Waals surface area contributed by atoms with Gasteiger partial charge < -0.3 is 10.4 Å². The fourth-order valence-electron chi connectivity index (χ4n) is 3.10. The van der Waals surface area contributed by atoms with E-state index in [9.17, 15) is 9.18 Å². The molecule has 1 aromatic rings. The van der Waals surface area contributed by atoms with Gasteiger partial charge in [0.2, 0.25) is 0 Å². The van der Waals surface area contributed by atoms with Crippen LogP contribution in [0.1, 0.15) is 47.2 Å². The minimum absolute atomic E-state index is 0.200. The van der Waals surface area contributed by atoms with Gasteiger partial charge in [-0.3, -0.25) is 4.90 Å². The van der Waals surface area contributed by atoms with Gasteiger partial charge in [0.1, 0.15) is 5.82 Å². The van der Waals surface area contributed by atoms with Crippen LogP contribution in [0.15, 0.2) is 12.1 Å². The predicted octanol–water partition coefficient (Wildman–Crippen LogP) is 2.20. The van der Waals surface area contributed by atoms with Crippen molar-refractivity contribution in [1.29, 1.82) is 0 Å². The average Bonchev–Trinajstić information content (AvgIpc) is 3.23. The van der Waals surface area contributed by atoms with Crippen LogP contribution in [0.25, 0.3) is 0 Å². The number of carbonyl (C=O) groups is 1. The minimum Gasteiger partial charge on any atom is -0.478 e. The lowest BCUT2D eigenvalue weighted by atomic mass is 9.98. The first-order valence-corrected chi connectivity index (χ1v) is 7.56. The second kappa shape index (κ2) is 5.73. The lowest BCUT2D eigenvalue weighted by molar-refractivity contribution is 0.0691. The number of hydrogen-bond donors (Lipinski definition) is 2. The standard InChI is InChI=1S/C16H21FN2O2/c1-10-8-19(5-4-18-10)9-12-6-15(17)14(16(20)21)7-13(12)11-2-3-11/h6-7,10-11,18H,2-5,8-9H2,1H3,(H,20,21). The molecule has 1 heterocycles. The molecule has 1 aromatic carbocycles. The van der Waals surface area contributed by atoms with Crippen LogP contribution < -0.4 is 5.32 Å². The largest absolute Gasteiger partial charge is 0.478 e. The number of nitrogens with zero attached hydrogens (tertiary/aromatic N) is 1. The van der Waals surface area contributed by atoms with Crippen LogP contribution in [-0.2, 0) is 6.54 Å². The summed E-state index contributed by atoms with van der Waals surface area (Å²) < 4.78 is 14.0. The van der Waals surface area contributed by atoms with Crippen LogP contribution in [-0.4, -0.2) is 41.7 Å². The lowest BCUT2D eigenvalue weighted by Crippen LogP contribution is -2.48. The second-order valence-electron chi connectivity index (χ2n) is 6.20. The third-order valence-electron chi connectivity index (χ3n) is 4.32. The van der Waals surface area contributed by atoms with E-state index in [1.165, 1.54) is 6.07 Å². The van der Waals surface area contributed by atoms with E-state index in [2.05, 4.69) is 17.1 Å². The zero-order valence-electron chi connectivity index (χ0n) is 12.2. The van der Waals surface area contributed by atoms with Crippen molar-refractivity contribution >= 4 is 5.97 Å². The van der Waals surface area contributed by atoms with E-state index in [0.717, 1.165) is 43.6 Å². The first-order chi connectivity index (χ1) is 10.0. The number of hydrogen-bond acceptors (Lipinski definition) is 3. The molecule has 0 bridgehead atoms. The maximum Gasteiger partial charge on any atom is 0.338 e. The molecule has 2 fully saturated rings. The first-order valence-electron chi connectivity index (χ1n) is 7.56. The molecular weight excluding hydrogens is 271 g/mol. The van der Waals surface area contributed by atoms with Crippen molar-refractivity contribution < 1.29 is 14.3 Å². The maximum atomic E-state index is 14.0. The van der Waals surface area contributed by atoms with Crippen molar-refractivity contribution in [3.8, 4) is 0 Å². The molecule has 1 unspecified atom stereocenters. The van der Waals surface area contributed by atoms with Gasteiger partial charge in [-0.2, -0.15) is 0 Å². The number of rotatable bonds is 4. The van der Waals surface area contributed by atoms with Crippen molar-refractivity contribution in [1.82, 2.24) is 10.2 Å². The highest BCUT2D eigenvalue weighted by molar-refractivity contribution is 5.88. The first kappa shape index (κ1) is 14.5. The van der Waals surface area contributed by atoms with Crippen LogP contribution in [0.4, 0.5) is 4.39 Å². The molecule has 1 saturated heterocycles. The summed E-state index contributed by atoms with van der Waals surface area (Å²) in [7, 11) is 0. The predicted molar refractivity (Wildman–Crippen MR) is 78.1 cm³/mol. The maximum absolute atomic E-state index is 14.0. The Labute approximate surface area is 124 Å². The molecule has 1 aliphatic carbocycles. The fourth-order valence-corrected chi connectivity index (χ4v) is 3.10. The molecule has 0 aromatic heterocycles. The number of aromatic carboxylic acids is 1. The molecule has 2 N–H and O–H groups in total. The van der Waals surface area contributed by atoms with Gasteiger partial charge in [0.05, 0.1) is 5.56 Å². The zero-order valence-corrected chi connectivity index (χ0v) is 12.2. The monoisotopic (exact) mass is 292 g/mol. The molecule has 1 saturated carbocycles. The second-order valence-corrected chi connectivity index (χ2v) is 6.20. The number of carboxylic acid groups (broad SMARTS) is 1. The fraction of sp³-hybridized carbons (Fsp3) is 0.562. The van der Waals surface area contributed by atoms with E-state index >= 15 is 0 Å². The molecule has 1 aliphatic heterocycles. The highest BCUT2D eigenvalue weighted by Gasteiger charge is 2.29. The summed E-state index contributed by atoms with van der Waals surface area (Å²) >= 11 is 0. The van der Waals surface area contributed by atoms with E-state index in [4.69, 9.17) is 5.11 Å². The molecule has 0 spiro atoms. The summed E-state index contributed by atoms with van der Waals surface area (Å²) in [6.45, 7) is 5.66. The number of halogens is 1. The molecular formula is C16H21FN2O2. The number of benzene rings is 1. The highest BCUT2D eigenvalue weighted by atomic mass is 19.1. The summed E-state index contributed by atoms with van der Waals surface area (Å²) in [6, 6.07) is 3.42. The molecule has 21 heavy (non-hydrogen) atoms. The van der Waals surface area contributed by atoms with E-state index in [-0.39, 0.29) is 5.56 Å². The van der Waals surface area contributed by atoms with Crippen molar-refractivity contribution in [3.05, 3.63) is 34.6 Å². The quantitative estimate of drug-likeness (QED) is 0.893. The Hall–Kier alpha value is -1.46. The summed E-state index contributed by atoms with van der Waals surface area (Å²) in [6.07, 6.45) is 2.16. The van der Waals surface area contributed by atoms with Crippen LogP contribution in [0.2, 0.25) is 0 Å². The third-order valence-corrected chi connectivity index (χ3v) is 4.32. The van der Waals surface area contributed by atoms with Crippen LogP contribution in [0.5, 0.6) is 0 Å². The van der Waals surface area contributed by atoms with E-state index in [0.29, 0.717) is 18.5 Å². The number of piperazine rings is 1. The smallest absolute Gasteiger partial charge is 0.338 e. The number of carboxylic acids is 1. The Kier molecular flexibility index (Phi) is 3.95. The molecule has 0 radical (unpaired) electrons. The van der Waals surface area contributed by atoms with E-state index in [1.807, 2.05) is 0 Å². The van der Waals surface area contributed by atoms with Gasteiger partial charge in [-0.05, 0) is 48.9 Å². The SMILES string of the molecule is CC1CN(Cc2cc(F)c(C(=O)O)cc2C2CC2)CCN1. The van der Waals surface area contributed by atoms with Crippen molar-refractivity contribution in [2.75, 3.05) is 19.6 Å². The van der Waals surface area contributed by atoms with Gasteiger partial charge in [0, 0.05) is 32.2 Å². The van der Waals surface area contributed by atoms with Crippen molar-refractivity contribution in [3.63, 3.8) is 0 Å². The molecule has 114 valence electrons. The summed E-state index contributed by atoms with van der Waals surface area (Å²) in [5.41, 5.74) is 1.78. The van der Waals surface area contributed by atoms with Crippen LogP contribution in [0.3, 0.4) is 0 Å². The van der Waals surface area contributed by atoms with Gasteiger partial charge in [-0.25, -0.2) is 9.18 Å². The highest BCUT2D eigenvalue weighted by Crippen LogP contribution is 2.42. The van der Waals surface area contributed by atoms with Gasteiger partial charge in [0.25, 0.3) is 0 Å². The van der Waals surface area contributed by atoms with Crippen molar-refractivity contribution in [2.45, 2.75) is 38.3 Å². The molecule has 5 heteroatoms. The minimum atomic E-state index is -1.18. The topological polar surface area (TPSA) is 52.6 Å². The van der Waals surface area contributed by atoms with Crippen molar-refractivity contribution in [2.24, 2.45) is 0 Å². The van der Waals surface area contributed by atoms with E-state index in [1.54, 1.807) is 6.07 Å². The zero-order chi connectivity index (χ0) is 15.0. The summed E-state index contributed by atoms with van der Waals surface area (Å²) in [4.78, 5) is 13.4. The lowest BCUT2D eigenvalue weighted by Gasteiger charge is -2.32. The average molecular weight is 292 g/mol. The van der Waals surface area contributed by atoms with Gasteiger partial charge in [0.15, 0.2) is 0 Å². The summed E-state index contributed by atoms with van der Waals surface area (Å²) in [5, 5.41) is 12.5. The van der Waals surface area contributed by atoms with Gasteiger partial charge >= 0.3 is 5.97 Å². The summed E-state index contributed by atoms with van der Waals surface area (Å²) in [5.74, 6) is -1.39. The molecule has 3 rings (SSSR count). The van der Waals surface area contributed by atoms with Gasteiger partial charge in [-0.1, -0.05) is 0 Å². The Morgan fingerprint density at radius 1 is 1.48 bits per heavy atom. The Morgan fingerprint density at radius 2 is 2.24 bits per heavy atom. The molecule has 0 amide bonds. The third kappa shape index (κ3) is 3.24.